The minimum absolute atomic E-state index is 0.893. The molecule has 4 aromatic carbocycles. The van der Waals surface area contributed by atoms with Gasteiger partial charge in [0.15, 0.2) is 22.1 Å². The fraction of sp³-hybridized carbons (Fsp3) is 0.235. The first-order valence-corrected chi connectivity index (χ1v) is 13.7. The van der Waals surface area contributed by atoms with Gasteiger partial charge >= 0.3 is 0 Å². The molecule has 0 saturated heterocycles. The Hall–Kier alpha value is -4.18. The average molecular weight is 501 g/mol. The molecule has 0 aliphatic heterocycles. The van der Waals surface area contributed by atoms with E-state index in [9.17, 15) is 0 Å². The van der Waals surface area contributed by atoms with Crippen molar-refractivity contribution in [1.29, 1.82) is 0 Å². The molecule has 2 aromatic heterocycles. The van der Waals surface area contributed by atoms with E-state index in [4.69, 9.17) is 0 Å². The monoisotopic (exact) mass is 500 g/mol. The van der Waals surface area contributed by atoms with E-state index in [-0.39, 0.29) is 0 Å². The van der Waals surface area contributed by atoms with E-state index in [2.05, 4.69) is 142 Å². The van der Waals surface area contributed by atoms with Crippen molar-refractivity contribution < 1.29 is 9.13 Å². The summed E-state index contributed by atoms with van der Waals surface area (Å²) in [4.78, 5) is 0. The molecule has 0 unspecified atom stereocenters. The second-order valence-corrected chi connectivity index (χ2v) is 10.5. The Kier molecular flexibility index (Phi) is 6.78. The molecular formula is C34H36N4+2. The Morgan fingerprint density at radius 3 is 1.37 bits per heavy atom. The summed E-state index contributed by atoms with van der Waals surface area (Å²) in [5.41, 5.74) is 10.5. The van der Waals surface area contributed by atoms with Crippen LogP contribution in [0.4, 0.5) is 0 Å². The SMILES string of the molecule is Cc1ccc2c(c1)n(Cc1ccccc1)c[n+]2CCCC[n+]1cn(Cc2ccccc2)c2cc(C)ccc21. The molecule has 0 saturated carbocycles. The average Bonchev–Trinajstić information content (AvgIpc) is 3.44. The van der Waals surface area contributed by atoms with E-state index >= 15 is 0 Å². The van der Waals surface area contributed by atoms with Gasteiger partial charge in [0.05, 0.1) is 13.1 Å². The van der Waals surface area contributed by atoms with Crippen LogP contribution in [0.5, 0.6) is 0 Å². The summed E-state index contributed by atoms with van der Waals surface area (Å²) >= 11 is 0. The van der Waals surface area contributed by atoms with Crippen molar-refractivity contribution in [2.24, 2.45) is 0 Å². The molecule has 0 bridgehead atoms. The van der Waals surface area contributed by atoms with E-state index in [1.165, 1.54) is 44.3 Å². The first-order valence-electron chi connectivity index (χ1n) is 13.7. The Labute approximate surface area is 225 Å². The molecule has 4 heteroatoms. The van der Waals surface area contributed by atoms with E-state index in [0.29, 0.717) is 0 Å². The lowest BCUT2D eigenvalue weighted by molar-refractivity contribution is -0.683. The summed E-state index contributed by atoms with van der Waals surface area (Å²) in [6, 6.07) is 35.1. The first-order chi connectivity index (χ1) is 18.6. The second-order valence-electron chi connectivity index (χ2n) is 10.5. The second kappa shape index (κ2) is 10.7. The molecule has 0 atom stereocenters. The van der Waals surface area contributed by atoms with E-state index in [0.717, 1.165) is 39.0 Å². The number of nitrogens with zero attached hydrogens (tertiary/aromatic N) is 4. The molecule has 2 heterocycles. The van der Waals surface area contributed by atoms with Crippen LogP contribution in [0.2, 0.25) is 0 Å². The highest BCUT2D eigenvalue weighted by Crippen LogP contribution is 2.17. The normalized spacial score (nSPS) is 11.5. The molecule has 0 aliphatic rings. The third kappa shape index (κ3) is 5.12. The molecule has 0 N–H and O–H groups in total. The minimum atomic E-state index is 0.893. The van der Waals surface area contributed by atoms with Crippen LogP contribution in [0.15, 0.2) is 110 Å². The van der Waals surface area contributed by atoms with Crippen molar-refractivity contribution >= 4 is 22.1 Å². The maximum Gasteiger partial charge on any atom is 0.245 e. The van der Waals surface area contributed by atoms with Crippen LogP contribution in [0.3, 0.4) is 0 Å². The van der Waals surface area contributed by atoms with Crippen molar-refractivity contribution in [1.82, 2.24) is 9.13 Å². The van der Waals surface area contributed by atoms with Gasteiger partial charge in [0.2, 0.25) is 12.7 Å². The molecule has 0 spiro atoms. The number of aryl methyl sites for hydroxylation is 4. The van der Waals surface area contributed by atoms with E-state index in [1.807, 2.05) is 0 Å². The molecule has 6 aromatic rings. The number of rotatable bonds is 9. The summed E-state index contributed by atoms with van der Waals surface area (Å²) in [5, 5.41) is 0. The van der Waals surface area contributed by atoms with Gasteiger partial charge in [-0.2, -0.15) is 0 Å². The number of benzene rings is 4. The fourth-order valence-corrected chi connectivity index (χ4v) is 5.53. The number of fused-ring (bicyclic) bond motifs is 2. The molecular weight excluding hydrogens is 464 g/mol. The summed E-state index contributed by atoms with van der Waals surface area (Å²) in [6.45, 7) is 8.18. The predicted molar refractivity (Wildman–Crippen MR) is 154 cm³/mol. The van der Waals surface area contributed by atoms with Crippen LogP contribution in [-0.2, 0) is 26.2 Å². The number of hydrogen-bond donors (Lipinski definition) is 0. The van der Waals surface area contributed by atoms with Gasteiger partial charge in [-0.25, -0.2) is 18.3 Å². The largest absolute Gasteiger partial charge is 0.245 e. The molecule has 190 valence electrons. The molecule has 0 fully saturated rings. The number of imidazole rings is 2. The van der Waals surface area contributed by atoms with Gasteiger partial charge < -0.3 is 0 Å². The van der Waals surface area contributed by atoms with Gasteiger partial charge in [-0.05, 0) is 73.2 Å². The topological polar surface area (TPSA) is 17.6 Å². The van der Waals surface area contributed by atoms with Crippen LogP contribution in [0.1, 0.15) is 35.1 Å². The molecule has 0 aliphatic carbocycles. The zero-order valence-corrected chi connectivity index (χ0v) is 22.4. The van der Waals surface area contributed by atoms with E-state index in [1.54, 1.807) is 0 Å². The summed E-state index contributed by atoms with van der Waals surface area (Å²) in [5.74, 6) is 0. The van der Waals surface area contributed by atoms with Gasteiger partial charge in [0.1, 0.15) is 13.1 Å². The van der Waals surface area contributed by atoms with E-state index < -0.39 is 0 Å². The smallest absolute Gasteiger partial charge is 0.230 e. The number of hydrogen-bond acceptors (Lipinski definition) is 0. The standard InChI is InChI=1S/C34H36N4/c1-27-15-17-31-33(21-27)37(23-29-11-5-3-6-12-29)25-35(31)19-9-10-20-36-26-38(24-30-13-7-4-8-14-30)34-22-28(2)16-18-32(34)36/h3-8,11-18,21-22,25-26H,9-10,19-20,23-24H2,1-2H3/q+2. The zero-order valence-electron chi connectivity index (χ0n) is 22.4. The van der Waals surface area contributed by atoms with Crippen molar-refractivity contribution in [3.63, 3.8) is 0 Å². The van der Waals surface area contributed by atoms with Crippen molar-refractivity contribution in [2.75, 3.05) is 0 Å². The maximum absolute atomic E-state index is 2.43. The lowest BCUT2D eigenvalue weighted by atomic mass is 10.2. The van der Waals surface area contributed by atoms with Crippen LogP contribution in [-0.4, -0.2) is 9.13 Å². The summed E-state index contributed by atoms with van der Waals surface area (Å²) < 4.78 is 9.66. The maximum atomic E-state index is 2.43. The molecule has 0 radical (unpaired) electrons. The number of unbranched alkanes of at least 4 members (excludes halogenated alkanes) is 1. The first kappa shape index (κ1) is 24.2. The van der Waals surface area contributed by atoms with Crippen molar-refractivity contribution in [3.05, 3.63) is 132 Å². The Morgan fingerprint density at radius 1 is 0.526 bits per heavy atom. The number of aromatic nitrogens is 4. The quantitative estimate of drug-likeness (QED) is 0.162. The Balaban J connectivity index is 1.18. The summed E-state index contributed by atoms with van der Waals surface area (Å²) in [7, 11) is 0. The minimum Gasteiger partial charge on any atom is -0.230 e. The van der Waals surface area contributed by atoms with Crippen molar-refractivity contribution in [3.8, 4) is 0 Å². The van der Waals surface area contributed by atoms with Crippen LogP contribution in [0.25, 0.3) is 22.1 Å². The van der Waals surface area contributed by atoms with Crippen LogP contribution < -0.4 is 9.13 Å². The predicted octanol–water partition coefficient (Wildman–Crippen LogP) is 6.36. The van der Waals surface area contributed by atoms with Gasteiger partial charge in [-0.1, -0.05) is 72.8 Å². The van der Waals surface area contributed by atoms with Crippen LogP contribution >= 0.6 is 0 Å². The van der Waals surface area contributed by atoms with Gasteiger partial charge in [-0.15, -0.1) is 0 Å². The molecule has 6 rings (SSSR count). The molecule has 0 amide bonds. The highest BCUT2D eigenvalue weighted by Gasteiger charge is 2.18. The van der Waals surface area contributed by atoms with Gasteiger partial charge in [-0.3, -0.25) is 0 Å². The highest BCUT2D eigenvalue weighted by molar-refractivity contribution is 5.73. The van der Waals surface area contributed by atoms with Crippen LogP contribution in [0, 0.1) is 13.8 Å². The fourth-order valence-electron chi connectivity index (χ4n) is 5.53. The Bertz CT molecular complexity index is 1550. The lowest BCUT2D eigenvalue weighted by Crippen LogP contribution is -2.35. The van der Waals surface area contributed by atoms with Crippen molar-refractivity contribution in [2.45, 2.75) is 52.9 Å². The molecule has 38 heavy (non-hydrogen) atoms. The third-order valence-corrected chi connectivity index (χ3v) is 7.50. The zero-order chi connectivity index (χ0) is 25.9. The van der Waals surface area contributed by atoms with Gasteiger partial charge in [0.25, 0.3) is 0 Å². The Morgan fingerprint density at radius 2 is 0.947 bits per heavy atom. The lowest BCUT2D eigenvalue weighted by Gasteiger charge is -2.00. The molecule has 4 nitrogen and oxygen atoms in total. The summed E-state index contributed by atoms with van der Waals surface area (Å²) in [6.07, 6.45) is 6.87. The highest BCUT2D eigenvalue weighted by atomic mass is 15.1. The third-order valence-electron chi connectivity index (χ3n) is 7.50. The van der Waals surface area contributed by atoms with Gasteiger partial charge in [0, 0.05) is 0 Å².